The highest BCUT2D eigenvalue weighted by Crippen LogP contribution is 2.32. The number of hydrogen-bond acceptors (Lipinski definition) is 5. The average molecular weight is 491 g/mol. The van der Waals surface area contributed by atoms with E-state index in [1.807, 2.05) is 54.6 Å². The average Bonchev–Trinajstić information content (AvgIpc) is 3.48. The van der Waals surface area contributed by atoms with E-state index >= 15 is 0 Å². The van der Waals surface area contributed by atoms with Crippen LogP contribution >= 0.6 is 22.9 Å². The normalized spacial score (nSPS) is 16.7. The van der Waals surface area contributed by atoms with Crippen molar-refractivity contribution in [1.82, 2.24) is 9.62 Å². The van der Waals surface area contributed by atoms with E-state index in [2.05, 4.69) is 5.32 Å². The van der Waals surface area contributed by atoms with Crippen molar-refractivity contribution in [1.29, 1.82) is 0 Å². The lowest BCUT2D eigenvalue weighted by Crippen LogP contribution is -2.45. The summed E-state index contributed by atoms with van der Waals surface area (Å²) in [5.41, 5.74) is 1.95. The highest BCUT2D eigenvalue weighted by atomic mass is 35.5. The molecule has 1 amide bonds. The van der Waals surface area contributed by atoms with E-state index < -0.39 is 16.1 Å². The van der Waals surface area contributed by atoms with Crippen LogP contribution in [0.2, 0.25) is 4.34 Å². The minimum atomic E-state index is -3.74. The summed E-state index contributed by atoms with van der Waals surface area (Å²) in [5, 5.41) is 2.88. The summed E-state index contributed by atoms with van der Waals surface area (Å²) in [7, 11) is -3.74. The summed E-state index contributed by atoms with van der Waals surface area (Å²) in [6.07, 6.45) is 1.15. The maximum absolute atomic E-state index is 12.9. The molecule has 1 aromatic heterocycles. The Hall–Kier alpha value is -2.39. The fourth-order valence-electron chi connectivity index (χ4n) is 3.59. The molecule has 1 atom stereocenters. The second kappa shape index (κ2) is 10.0. The Morgan fingerprint density at radius 1 is 1.06 bits per heavy atom. The molecule has 168 valence electrons. The van der Waals surface area contributed by atoms with Crippen LogP contribution in [0.4, 0.5) is 0 Å². The maximum atomic E-state index is 12.9. The summed E-state index contributed by atoms with van der Waals surface area (Å²) in [6.45, 7) is 1.11. The highest BCUT2D eigenvalue weighted by molar-refractivity contribution is 7.91. The van der Waals surface area contributed by atoms with Gasteiger partial charge in [0.25, 0.3) is 10.0 Å². The lowest BCUT2D eigenvalue weighted by atomic mass is 10.1. The van der Waals surface area contributed by atoms with Crippen molar-refractivity contribution in [2.75, 3.05) is 6.54 Å². The Kier molecular flexibility index (Phi) is 7.15. The molecule has 0 bridgehead atoms. The second-order valence-electron chi connectivity index (χ2n) is 7.47. The molecule has 32 heavy (non-hydrogen) atoms. The van der Waals surface area contributed by atoms with Gasteiger partial charge in [0.15, 0.2) is 0 Å². The number of nitrogens with zero attached hydrogens (tertiary/aromatic N) is 1. The number of para-hydroxylation sites is 1. The summed E-state index contributed by atoms with van der Waals surface area (Å²) in [6, 6.07) is 19.7. The predicted octanol–water partition coefficient (Wildman–Crippen LogP) is 4.45. The van der Waals surface area contributed by atoms with E-state index in [0.29, 0.717) is 36.9 Å². The number of nitrogens with one attached hydrogen (secondary N) is 1. The first-order valence-electron chi connectivity index (χ1n) is 10.2. The lowest BCUT2D eigenvalue weighted by molar-refractivity contribution is -0.124. The predicted molar refractivity (Wildman–Crippen MR) is 125 cm³/mol. The third kappa shape index (κ3) is 5.32. The van der Waals surface area contributed by atoms with E-state index in [1.165, 1.54) is 10.4 Å². The van der Waals surface area contributed by atoms with Crippen LogP contribution in [0.15, 0.2) is 70.9 Å². The molecule has 6 nitrogen and oxygen atoms in total. The van der Waals surface area contributed by atoms with E-state index in [1.54, 1.807) is 6.07 Å². The van der Waals surface area contributed by atoms with Crippen LogP contribution < -0.4 is 10.1 Å². The smallest absolute Gasteiger partial charge is 0.253 e. The third-order valence-electron chi connectivity index (χ3n) is 5.26. The Morgan fingerprint density at radius 2 is 1.78 bits per heavy atom. The quantitative estimate of drug-likeness (QED) is 0.506. The molecule has 2 heterocycles. The summed E-state index contributed by atoms with van der Waals surface area (Å²) < 4.78 is 33.4. The molecular weight excluding hydrogens is 468 g/mol. The number of amides is 1. The number of halogens is 1. The molecule has 1 aliphatic heterocycles. The molecule has 0 aliphatic carbocycles. The minimum Gasteiger partial charge on any atom is -0.489 e. The van der Waals surface area contributed by atoms with Gasteiger partial charge in [-0.15, -0.1) is 11.3 Å². The number of carbonyl (C=O) groups is 1. The first kappa shape index (κ1) is 22.8. The molecule has 0 spiro atoms. The van der Waals surface area contributed by atoms with Crippen LogP contribution in [0.5, 0.6) is 5.75 Å². The van der Waals surface area contributed by atoms with E-state index in [-0.39, 0.29) is 10.1 Å². The fraction of sp³-hybridized carbons (Fsp3) is 0.261. The zero-order chi connectivity index (χ0) is 22.6. The lowest BCUT2D eigenvalue weighted by Gasteiger charge is -2.22. The highest BCUT2D eigenvalue weighted by Gasteiger charge is 2.39. The molecule has 1 saturated heterocycles. The van der Waals surface area contributed by atoms with Gasteiger partial charge in [0.2, 0.25) is 5.91 Å². The first-order valence-corrected chi connectivity index (χ1v) is 12.9. The van der Waals surface area contributed by atoms with Gasteiger partial charge in [-0.25, -0.2) is 8.42 Å². The largest absolute Gasteiger partial charge is 0.489 e. The van der Waals surface area contributed by atoms with Gasteiger partial charge in [-0.05, 0) is 48.2 Å². The number of benzene rings is 2. The van der Waals surface area contributed by atoms with Gasteiger partial charge in [0.1, 0.15) is 22.6 Å². The maximum Gasteiger partial charge on any atom is 0.253 e. The van der Waals surface area contributed by atoms with Crippen molar-refractivity contribution in [3.8, 4) is 5.75 Å². The zero-order valence-corrected chi connectivity index (χ0v) is 19.6. The van der Waals surface area contributed by atoms with Gasteiger partial charge in [0.05, 0.1) is 4.34 Å². The van der Waals surface area contributed by atoms with Crippen LogP contribution in [-0.4, -0.2) is 31.2 Å². The number of rotatable bonds is 8. The van der Waals surface area contributed by atoms with E-state index in [9.17, 15) is 13.2 Å². The van der Waals surface area contributed by atoms with E-state index in [0.717, 1.165) is 28.2 Å². The molecule has 1 N–H and O–H groups in total. The van der Waals surface area contributed by atoms with E-state index in [4.69, 9.17) is 16.3 Å². The van der Waals surface area contributed by atoms with Crippen molar-refractivity contribution in [2.24, 2.45) is 0 Å². The number of sulfonamides is 1. The zero-order valence-electron chi connectivity index (χ0n) is 17.2. The standard InChI is InChI=1S/C23H23ClN2O4S2/c24-21-12-13-22(31-21)32(28,29)26-14-4-7-20(26)23(27)25-15-17-8-10-18(11-9-17)16-30-19-5-2-1-3-6-19/h1-3,5-6,8-13,20H,4,7,14-16H2,(H,25,27). The minimum absolute atomic E-state index is 0.163. The van der Waals surface area contributed by atoms with Crippen LogP contribution in [0.25, 0.3) is 0 Å². The summed E-state index contributed by atoms with van der Waals surface area (Å²) in [5.74, 6) is 0.523. The number of thiophene rings is 1. The summed E-state index contributed by atoms with van der Waals surface area (Å²) in [4.78, 5) is 12.8. The molecule has 1 unspecified atom stereocenters. The van der Waals surface area contributed by atoms with Crippen molar-refractivity contribution in [3.63, 3.8) is 0 Å². The first-order chi connectivity index (χ1) is 15.4. The number of ether oxygens (including phenoxy) is 1. The van der Waals surface area contributed by atoms with Crippen molar-refractivity contribution in [2.45, 2.75) is 36.2 Å². The Labute approximate surface area is 196 Å². The molecule has 0 saturated carbocycles. The van der Waals surface area contributed by atoms with Crippen molar-refractivity contribution in [3.05, 3.63) is 82.2 Å². The number of hydrogen-bond donors (Lipinski definition) is 1. The molecule has 3 aromatic rings. The molecule has 1 aliphatic rings. The van der Waals surface area contributed by atoms with Crippen molar-refractivity contribution >= 4 is 38.9 Å². The second-order valence-corrected chi connectivity index (χ2v) is 11.3. The molecule has 1 fully saturated rings. The summed E-state index contributed by atoms with van der Waals surface area (Å²) >= 11 is 6.90. The molecule has 9 heteroatoms. The van der Waals surface area contributed by atoms with Gasteiger partial charge in [-0.2, -0.15) is 4.31 Å². The Balaban J connectivity index is 1.33. The topological polar surface area (TPSA) is 75.7 Å². The van der Waals surface area contributed by atoms with Gasteiger partial charge < -0.3 is 10.1 Å². The molecular formula is C23H23ClN2O4S2. The number of carbonyl (C=O) groups excluding carboxylic acids is 1. The Bertz CT molecular complexity index is 1160. The monoisotopic (exact) mass is 490 g/mol. The fourth-order valence-corrected chi connectivity index (χ4v) is 6.85. The van der Waals surface area contributed by atoms with Crippen LogP contribution in [0, 0.1) is 0 Å². The van der Waals surface area contributed by atoms with Crippen LogP contribution in [-0.2, 0) is 28.0 Å². The Morgan fingerprint density at radius 3 is 2.47 bits per heavy atom. The molecule has 0 radical (unpaired) electrons. The van der Waals surface area contributed by atoms with Crippen LogP contribution in [0.3, 0.4) is 0 Å². The molecule has 2 aromatic carbocycles. The van der Waals surface area contributed by atoms with Gasteiger partial charge in [-0.1, -0.05) is 54.1 Å². The van der Waals surface area contributed by atoms with Gasteiger partial charge in [-0.3, -0.25) is 4.79 Å². The van der Waals surface area contributed by atoms with Crippen molar-refractivity contribution < 1.29 is 17.9 Å². The third-order valence-corrected chi connectivity index (χ3v) is 8.86. The van der Waals surface area contributed by atoms with Crippen LogP contribution in [0.1, 0.15) is 24.0 Å². The SMILES string of the molecule is O=C(NCc1ccc(COc2ccccc2)cc1)C1CCCN1S(=O)(=O)c1ccc(Cl)s1. The molecule has 4 rings (SSSR count). The van der Waals surface area contributed by atoms with Gasteiger partial charge >= 0.3 is 0 Å². The van der Waals surface area contributed by atoms with Gasteiger partial charge in [0, 0.05) is 13.1 Å².